The Bertz CT molecular complexity index is 1260. The molecular formula is C33H47N3O7. The highest BCUT2D eigenvalue weighted by atomic mass is 16.6. The number of rotatable bonds is 7. The Morgan fingerprint density at radius 2 is 1.88 bits per heavy atom. The summed E-state index contributed by atoms with van der Waals surface area (Å²) in [5, 5.41) is 37.6. The van der Waals surface area contributed by atoms with Crippen molar-refractivity contribution in [2.24, 2.45) is 39.7 Å². The Balaban J connectivity index is 1.19. The Labute approximate surface area is 254 Å². The third kappa shape index (κ3) is 5.37. The molecule has 5 rings (SSSR count). The van der Waals surface area contributed by atoms with E-state index in [1.54, 1.807) is 13.8 Å². The Morgan fingerprint density at radius 3 is 2.56 bits per heavy atom. The highest BCUT2D eigenvalue weighted by Crippen LogP contribution is 2.67. The molecule has 0 bridgehead atoms. The van der Waals surface area contributed by atoms with E-state index >= 15 is 0 Å². The molecule has 4 fully saturated rings. The summed E-state index contributed by atoms with van der Waals surface area (Å²) >= 11 is 0. The molecule has 0 aromatic carbocycles. The van der Waals surface area contributed by atoms with Crippen LogP contribution in [-0.4, -0.2) is 80.7 Å². The van der Waals surface area contributed by atoms with Crippen LogP contribution in [0.5, 0.6) is 0 Å². The van der Waals surface area contributed by atoms with Crippen molar-refractivity contribution < 1.29 is 34.5 Å². The number of nitrogens with zero attached hydrogens (tertiary/aromatic N) is 2. The molecule has 9 atom stereocenters. The monoisotopic (exact) mass is 597 g/mol. The van der Waals surface area contributed by atoms with Gasteiger partial charge in [0.2, 0.25) is 5.91 Å². The SMILES string of the molecule is C#C[C@@]1(O)CC[C@@H]2[C@@H]3CCC4=C/C(=N/OCC(=O)N[C@H](C(=O)N5C[C@@H](O)C[C@@H]5C(=O)O)C(C)C)CC[C@]4(C)[C@@H]3CC[C@@]21C. The van der Waals surface area contributed by atoms with E-state index in [1.807, 2.05) is 0 Å². The molecule has 4 N–H and O–H groups in total. The van der Waals surface area contributed by atoms with E-state index in [-0.39, 0.29) is 36.3 Å². The molecule has 0 aromatic rings. The van der Waals surface area contributed by atoms with Gasteiger partial charge >= 0.3 is 5.97 Å². The number of fused-ring (bicyclic) bond motifs is 5. The van der Waals surface area contributed by atoms with Gasteiger partial charge in [0.1, 0.15) is 17.7 Å². The molecule has 2 amide bonds. The predicted octanol–water partition coefficient (Wildman–Crippen LogP) is 2.87. The molecule has 4 aliphatic carbocycles. The van der Waals surface area contributed by atoms with E-state index in [0.717, 1.165) is 55.6 Å². The Hall–Kier alpha value is -2.90. The summed E-state index contributed by atoms with van der Waals surface area (Å²) in [5.74, 6) is 1.75. The van der Waals surface area contributed by atoms with E-state index in [4.69, 9.17) is 11.3 Å². The summed E-state index contributed by atoms with van der Waals surface area (Å²) in [4.78, 5) is 44.0. The van der Waals surface area contributed by atoms with Gasteiger partial charge in [-0.1, -0.05) is 44.3 Å². The first kappa shape index (κ1) is 31.5. The van der Waals surface area contributed by atoms with Gasteiger partial charge in [-0.3, -0.25) is 9.59 Å². The molecule has 1 aliphatic heterocycles. The summed E-state index contributed by atoms with van der Waals surface area (Å²) in [7, 11) is 0. The number of likely N-dealkylation sites (tertiary alicyclic amines) is 1. The van der Waals surface area contributed by atoms with E-state index < -0.39 is 41.6 Å². The van der Waals surface area contributed by atoms with Crippen LogP contribution >= 0.6 is 0 Å². The summed E-state index contributed by atoms with van der Waals surface area (Å²) < 4.78 is 0. The van der Waals surface area contributed by atoms with Crippen molar-refractivity contribution in [3.63, 3.8) is 0 Å². The maximum absolute atomic E-state index is 13.1. The predicted molar refractivity (Wildman–Crippen MR) is 159 cm³/mol. The van der Waals surface area contributed by atoms with Crippen LogP contribution in [0.15, 0.2) is 16.8 Å². The second kappa shape index (κ2) is 11.6. The molecule has 10 heteroatoms. The van der Waals surface area contributed by atoms with Gasteiger partial charge in [-0.25, -0.2) is 4.79 Å². The number of aliphatic carboxylic acids is 1. The van der Waals surface area contributed by atoms with E-state index in [0.29, 0.717) is 24.2 Å². The number of carbonyl (C=O) groups excluding carboxylic acids is 2. The van der Waals surface area contributed by atoms with Gasteiger partial charge in [0, 0.05) is 18.4 Å². The molecule has 1 saturated heterocycles. The number of β-amino-alcohol motifs (C(OH)–C–C–N with tert-alkyl or cyclic N) is 1. The third-order valence-electron chi connectivity index (χ3n) is 11.8. The zero-order chi connectivity index (χ0) is 31.3. The first-order valence-electron chi connectivity index (χ1n) is 15.8. The van der Waals surface area contributed by atoms with E-state index in [2.05, 4.69) is 36.3 Å². The molecule has 5 aliphatic rings. The second-order valence-electron chi connectivity index (χ2n) is 14.4. The molecule has 1 heterocycles. The summed E-state index contributed by atoms with van der Waals surface area (Å²) in [6, 6.07) is -2.07. The standard InChI is InChI=1S/C33H47N3O7/c1-6-33(42)14-11-25-23-8-7-20-15-21(9-12-31(20,4)24(23)10-13-32(25,33)5)35-43-18-27(38)34-28(19(2)3)29(39)36-17-22(37)16-26(36)30(40)41/h1,15,19,22-26,28,37,42H,7-14,16-18H2,2-5H3,(H,34,38)(H,40,41)/b35-21+/t22-,23+,24+,25+,26+,28-,31-,32-,33+/m0/s1. The number of aliphatic hydroxyl groups excluding tert-OH is 1. The average Bonchev–Trinajstić information content (AvgIpc) is 3.48. The van der Waals surface area contributed by atoms with Gasteiger partial charge in [-0.2, -0.15) is 0 Å². The van der Waals surface area contributed by atoms with Crippen LogP contribution in [0.4, 0.5) is 0 Å². The Kier molecular flexibility index (Phi) is 8.47. The van der Waals surface area contributed by atoms with Crippen LogP contribution in [0.2, 0.25) is 0 Å². The largest absolute Gasteiger partial charge is 0.480 e. The van der Waals surface area contributed by atoms with Gasteiger partial charge in [0.25, 0.3) is 5.91 Å². The fraction of sp³-hybridized carbons (Fsp3) is 0.758. The van der Waals surface area contributed by atoms with Crippen LogP contribution in [0.1, 0.15) is 85.5 Å². The molecular weight excluding hydrogens is 550 g/mol. The number of carboxylic acids is 1. The lowest BCUT2D eigenvalue weighted by Gasteiger charge is -2.58. The van der Waals surface area contributed by atoms with Gasteiger partial charge in [0.15, 0.2) is 6.61 Å². The Morgan fingerprint density at radius 1 is 1.16 bits per heavy atom. The normalized spacial score (nSPS) is 40.1. The number of terminal acetylenes is 1. The number of hydrogen-bond acceptors (Lipinski definition) is 7. The number of carboxylic acid groups (broad SMARTS) is 1. The van der Waals surface area contributed by atoms with Gasteiger partial charge in [-0.05, 0) is 86.5 Å². The highest BCUT2D eigenvalue weighted by Gasteiger charge is 2.63. The number of hydrogen-bond donors (Lipinski definition) is 4. The minimum atomic E-state index is -1.18. The van der Waals surface area contributed by atoms with Crippen molar-refractivity contribution in [2.75, 3.05) is 13.2 Å². The van der Waals surface area contributed by atoms with Gasteiger partial charge in [-0.15, -0.1) is 6.42 Å². The van der Waals surface area contributed by atoms with Crippen LogP contribution in [0.3, 0.4) is 0 Å². The lowest BCUT2D eigenvalue weighted by Crippen LogP contribution is -2.54. The minimum Gasteiger partial charge on any atom is -0.480 e. The number of carbonyl (C=O) groups is 3. The molecule has 0 unspecified atom stereocenters. The fourth-order valence-corrected chi connectivity index (χ4v) is 9.27. The molecule has 0 aromatic heterocycles. The molecule has 43 heavy (non-hydrogen) atoms. The van der Waals surface area contributed by atoms with Crippen LogP contribution in [-0.2, 0) is 19.2 Å². The quantitative estimate of drug-likeness (QED) is 0.261. The number of allylic oxidation sites excluding steroid dienone is 2. The fourth-order valence-electron chi connectivity index (χ4n) is 9.27. The van der Waals surface area contributed by atoms with Crippen molar-refractivity contribution in [3.05, 3.63) is 11.6 Å². The number of nitrogens with one attached hydrogen (secondary N) is 1. The third-order valence-corrected chi connectivity index (χ3v) is 11.8. The molecule has 0 spiro atoms. The number of oxime groups is 1. The van der Waals surface area contributed by atoms with E-state index in [9.17, 15) is 29.7 Å². The molecule has 3 saturated carbocycles. The van der Waals surface area contributed by atoms with Crippen LogP contribution in [0, 0.1) is 46.8 Å². The van der Waals surface area contributed by atoms with Crippen molar-refractivity contribution in [2.45, 2.75) is 109 Å². The number of amides is 2. The topological polar surface area (TPSA) is 149 Å². The van der Waals surface area contributed by atoms with Gasteiger partial charge < -0.3 is 30.4 Å². The first-order chi connectivity index (χ1) is 20.2. The van der Waals surface area contributed by atoms with Crippen molar-refractivity contribution >= 4 is 23.5 Å². The first-order valence-corrected chi connectivity index (χ1v) is 15.8. The lowest BCUT2D eigenvalue weighted by molar-refractivity contribution is -0.150. The lowest BCUT2D eigenvalue weighted by atomic mass is 9.46. The number of aliphatic hydroxyl groups is 2. The maximum atomic E-state index is 13.1. The minimum absolute atomic E-state index is 0.0362. The molecule has 236 valence electrons. The maximum Gasteiger partial charge on any atom is 0.326 e. The summed E-state index contributed by atoms with van der Waals surface area (Å²) in [6.45, 7) is 7.66. The zero-order valence-electron chi connectivity index (χ0n) is 25.8. The smallest absolute Gasteiger partial charge is 0.326 e. The van der Waals surface area contributed by atoms with Crippen molar-refractivity contribution in [1.82, 2.24) is 10.2 Å². The summed E-state index contributed by atoms with van der Waals surface area (Å²) in [6.07, 6.45) is 14.4. The second-order valence-corrected chi connectivity index (χ2v) is 14.4. The van der Waals surface area contributed by atoms with Gasteiger partial charge in [0.05, 0.1) is 11.8 Å². The van der Waals surface area contributed by atoms with Crippen molar-refractivity contribution in [3.8, 4) is 12.3 Å². The zero-order valence-corrected chi connectivity index (χ0v) is 25.8. The van der Waals surface area contributed by atoms with Crippen molar-refractivity contribution in [1.29, 1.82) is 0 Å². The summed E-state index contributed by atoms with van der Waals surface area (Å²) in [5.41, 5.74) is 1.03. The van der Waals surface area contributed by atoms with Crippen LogP contribution in [0.25, 0.3) is 0 Å². The van der Waals surface area contributed by atoms with E-state index in [1.165, 1.54) is 5.57 Å². The average molecular weight is 598 g/mol. The van der Waals surface area contributed by atoms with Crippen LogP contribution < -0.4 is 5.32 Å². The molecule has 0 radical (unpaired) electrons. The molecule has 10 nitrogen and oxygen atoms in total. The highest BCUT2D eigenvalue weighted by molar-refractivity contribution is 5.96.